The highest BCUT2D eigenvalue weighted by atomic mass is 32.2. The quantitative estimate of drug-likeness (QED) is 0.635. The highest BCUT2D eigenvalue weighted by molar-refractivity contribution is 8.13. The molecule has 1 aliphatic rings. The maximum absolute atomic E-state index is 13.1. The molecule has 2 aromatic carbocycles. The molecule has 11 heteroatoms. The first kappa shape index (κ1) is 24.1. The molecule has 0 spiro atoms. The van der Waals surface area contributed by atoms with Crippen LogP contribution in [0.2, 0.25) is 0 Å². The Bertz CT molecular complexity index is 1100. The van der Waals surface area contributed by atoms with Crippen molar-refractivity contribution in [2.75, 3.05) is 52.8 Å². The van der Waals surface area contributed by atoms with Crippen molar-refractivity contribution < 1.29 is 27.5 Å². The number of sulfonamides is 1. The Morgan fingerprint density at radius 3 is 2.47 bits per heavy atom. The minimum absolute atomic E-state index is 0.00389. The monoisotopic (exact) mass is 479 g/mol. The number of carbonyl (C=O) groups is 2. The van der Waals surface area contributed by atoms with Crippen molar-refractivity contribution in [3.8, 4) is 5.75 Å². The van der Waals surface area contributed by atoms with Gasteiger partial charge in [-0.3, -0.25) is 9.59 Å². The lowest BCUT2D eigenvalue weighted by Gasteiger charge is -2.26. The summed E-state index contributed by atoms with van der Waals surface area (Å²) in [5, 5.41) is 2.57. The molecule has 32 heavy (non-hydrogen) atoms. The Kier molecular flexibility index (Phi) is 7.77. The number of anilines is 1. The van der Waals surface area contributed by atoms with Crippen LogP contribution in [0.5, 0.6) is 5.75 Å². The number of carbonyl (C=O) groups excluding carboxylic acids is 2. The van der Waals surface area contributed by atoms with E-state index in [0.29, 0.717) is 23.8 Å². The Morgan fingerprint density at radius 1 is 1.12 bits per heavy atom. The maximum Gasteiger partial charge on any atom is 0.286 e. The van der Waals surface area contributed by atoms with Crippen LogP contribution in [0.25, 0.3) is 0 Å². The summed E-state index contributed by atoms with van der Waals surface area (Å²) in [7, 11) is 0.900. The highest BCUT2D eigenvalue weighted by Crippen LogP contribution is 2.31. The third-order valence-electron chi connectivity index (χ3n) is 4.72. The number of benzene rings is 2. The van der Waals surface area contributed by atoms with Crippen molar-refractivity contribution in [1.29, 1.82) is 0 Å². The Balaban J connectivity index is 1.90. The minimum atomic E-state index is -3.79. The Hall–Kier alpha value is -2.60. The maximum atomic E-state index is 13.1. The Morgan fingerprint density at radius 2 is 1.81 bits per heavy atom. The van der Waals surface area contributed by atoms with E-state index >= 15 is 0 Å². The normalized spacial score (nSPS) is 14.6. The van der Waals surface area contributed by atoms with E-state index in [1.165, 1.54) is 34.5 Å². The fraction of sp³-hybridized carbons (Fsp3) is 0.333. The van der Waals surface area contributed by atoms with Gasteiger partial charge in [-0.1, -0.05) is 12.1 Å². The van der Waals surface area contributed by atoms with Crippen LogP contribution in [-0.2, 0) is 14.8 Å². The van der Waals surface area contributed by atoms with Crippen molar-refractivity contribution in [3.63, 3.8) is 0 Å². The zero-order chi connectivity index (χ0) is 23.3. The van der Waals surface area contributed by atoms with Gasteiger partial charge in [0, 0.05) is 32.1 Å². The SMILES string of the molecule is COc1ccc(S(=O)(=O)N2CCOCC2)cc1C(=O)Nc1ccccc1SC(=O)N(C)C. The molecule has 0 aliphatic carbocycles. The first-order valence-corrected chi connectivity index (χ1v) is 12.0. The summed E-state index contributed by atoms with van der Waals surface area (Å²) in [5.74, 6) is -0.316. The molecule has 0 bridgehead atoms. The molecule has 1 saturated heterocycles. The predicted octanol–water partition coefficient (Wildman–Crippen LogP) is 2.74. The van der Waals surface area contributed by atoms with E-state index < -0.39 is 15.9 Å². The minimum Gasteiger partial charge on any atom is -0.496 e. The summed E-state index contributed by atoms with van der Waals surface area (Å²) in [4.78, 5) is 27.2. The molecule has 2 aromatic rings. The molecule has 0 aromatic heterocycles. The smallest absolute Gasteiger partial charge is 0.286 e. The topological polar surface area (TPSA) is 105 Å². The molecule has 9 nitrogen and oxygen atoms in total. The number of hydrogen-bond acceptors (Lipinski definition) is 7. The summed E-state index contributed by atoms with van der Waals surface area (Å²) in [6, 6.07) is 11.1. The fourth-order valence-corrected chi connectivity index (χ4v) is 5.18. The van der Waals surface area contributed by atoms with Crippen molar-refractivity contribution >= 4 is 38.6 Å². The van der Waals surface area contributed by atoms with Crippen LogP contribution in [0.15, 0.2) is 52.3 Å². The largest absolute Gasteiger partial charge is 0.496 e. The Labute approximate surface area is 191 Å². The number of amides is 2. The molecule has 2 amide bonds. The lowest BCUT2D eigenvalue weighted by atomic mass is 10.2. The fourth-order valence-electron chi connectivity index (χ4n) is 2.99. The summed E-state index contributed by atoms with van der Waals surface area (Å²) in [5.41, 5.74) is 0.502. The van der Waals surface area contributed by atoms with Crippen LogP contribution in [-0.4, -0.2) is 76.3 Å². The number of morpholine rings is 1. The van der Waals surface area contributed by atoms with Crippen LogP contribution in [0.3, 0.4) is 0 Å². The van der Waals surface area contributed by atoms with Crippen molar-refractivity contribution in [2.24, 2.45) is 0 Å². The summed E-state index contributed by atoms with van der Waals surface area (Å²) in [6.45, 7) is 1.15. The third kappa shape index (κ3) is 5.41. The number of nitrogens with one attached hydrogen (secondary N) is 1. The molecule has 0 radical (unpaired) electrons. The molecule has 1 fully saturated rings. The highest BCUT2D eigenvalue weighted by Gasteiger charge is 2.28. The lowest BCUT2D eigenvalue weighted by molar-refractivity contribution is 0.0730. The molecular formula is C21H25N3O6S2. The van der Waals surface area contributed by atoms with E-state index in [4.69, 9.17) is 9.47 Å². The van der Waals surface area contributed by atoms with Gasteiger partial charge in [-0.25, -0.2) is 8.42 Å². The number of nitrogens with zero attached hydrogens (tertiary/aromatic N) is 2. The number of ether oxygens (including phenoxy) is 2. The van der Waals surface area contributed by atoms with E-state index in [1.54, 1.807) is 38.4 Å². The molecule has 3 rings (SSSR count). The third-order valence-corrected chi connectivity index (χ3v) is 7.73. The van der Waals surface area contributed by atoms with E-state index in [9.17, 15) is 18.0 Å². The number of rotatable bonds is 6. The number of para-hydroxylation sites is 1. The molecule has 0 atom stereocenters. The van der Waals surface area contributed by atoms with E-state index in [-0.39, 0.29) is 34.5 Å². The van der Waals surface area contributed by atoms with Gasteiger partial charge in [-0.15, -0.1) is 0 Å². The van der Waals surface area contributed by atoms with Crippen molar-refractivity contribution in [1.82, 2.24) is 9.21 Å². The molecule has 1 heterocycles. The average Bonchev–Trinajstić information content (AvgIpc) is 2.80. The first-order chi connectivity index (χ1) is 15.2. The molecule has 1 aliphatic heterocycles. The van der Waals surface area contributed by atoms with Gasteiger partial charge < -0.3 is 19.7 Å². The van der Waals surface area contributed by atoms with Gasteiger partial charge in [0.25, 0.3) is 11.1 Å². The summed E-state index contributed by atoms with van der Waals surface area (Å²) >= 11 is 0.978. The van der Waals surface area contributed by atoms with Gasteiger partial charge in [-0.2, -0.15) is 4.31 Å². The summed E-state index contributed by atoms with van der Waals surface area (Å²) < 4.78 is 37.9. The average molecular weight is 480 g/mol. The first-order valence-electron chi connectivity index (χ1n) is 9.79. The van der Waals surface area contributed by atoms with Crippen LogP contribution < -0.4 is 10.1 Å². The second-order valence-electron chi connectivity index (χ2n) is 7.09. The van der Waals surface area contributed by atoms with Gasteiger partial charge in [0.2, 0.25) is 10.0 Å². The predicted molar refractivity (Wildman–Crippen MR) is 122 cm³/mol. The van der Waals surface area contributed by atoms with E-state index in [2.05, 4.69) is 5.32 Å². The molecular weight excluding hydrogens is 454 g/mol. The standard InChI is InChI=1S/C21H25N3O6S2/c1-23(2)21(26)31-19-7-5-4-6-17(19)22-20(25)16-14-15(8-9-18(16)29-3)32(27,28)24-10-12-30-13-11-24/h4-9,14H,10-13H2,1-3H3,(H,22,25). The van der Waals surface area contributed by atoms with Gasteiger partial charge in [0.05, 0.1) is 36.5 Å². The van der Waals surface area contributed by atoms with Crippen molar-refractivity contribution in [2.45, 2.75) is 9.79 Å². The lowest BCUT2D eigenvalue weighted by Crippen LogP contribution is -2.40. The zero-order valence-corrected chi connectivity index (χ0v) is 19.7. The molecule has 172 valence electrons. The summed E-state index contributed by atoms with van der Waals surface area (Å²) in [6.07, 6.45) is 0. The van der Waals surface area contributed by atoms with Gasteiger partial charge in [0.15, 0.2) is 0 Å². The number of methoxy groups -OCH3 is 1. The number of hydrogen-bond donors (Lipinski definition) is 1. The van der Waals surface area contributed by atoms with Gasteiger partial charge >= 0.3 is 0 Å². The van der Waals surface area contributed by atoms with Crippen LogP contribution in [0.1, 0.15) is 10.4 Å². The van der Waals surface area contributed by atoms with Gasteiger partial charge in [0.1, 0.15) is 5.75 Å². The second-order valence-corrected chi connectivity index (χ2v) is 10.0. The second kappa shape index (κ2) is 10.3. The van der Waals surface area contributed by atoms with Gasteiger partial charge in [-0.05, 0) is 42.1 Å². The molecule has 1 N–H and O–H groups in total. The zero-order valence-electron chi connectivity index (χ0n) is 18.0. The van der Waals surface area contributed by atoms with Crippen LogP contribution in [0, 0.1) is 0 Å². The van der Waals surface area contributed by atoms with E-state index in [1.807, 2.05) is 0 Å². The number of thioether (sulfide) groups is 1. The molecule has 0 saturated carbocycles. The van der Waals surface area contributed by atoms with Crippen molar-refractivity contribution in [3.05, 3.63) is 48.0 Å². The van der Waals surface area contributed by atoms with E-state index in [0.717, 1.165) is 11.8 Å². The van der Waals surface area contributed by atoms with Crippen LogP contribution >= 0.6 is 11.8 Å². The van der Waals surface area contributed by atoms with Crippen LogP contribution in [0.4, 0.5) is 10.5 Å². The molecule has 0 unspecified atom stereocenters.